The number of hydrogen-bond acceptors (Lipinski definition) is 4. The van der Waals surface area contributed by atoms with E-state index in [4.69, 9.17) is 4.74 Å². The van der Waals surface area contributed by atoms with E-state index in [0.29, 0.717) is 37.5 Å². The fourth-order valence-electron chi connectivity index (χ4n) is 4.17. The van der Waals surface area contributed by atoms with Crippen LogP contribution in [-0.2, 0) is 6.54 Å². The molecule has 0 radical (unpaired) electrons. The first kappa shape index (κ1) is 23.0. The Kier molecular flexibility index (Phi) is 7.85. The Morgan fingerprint density at radius 1 is 1.00 bits per heavy atom. The molecule has 0 bridgehead atoms. The van der Waals surface area contributed by atoms with Gasteiger partial charge >= 0.3 is 0 Å². The van der Waals surface area contributed by atoms with Crippen LogP contribution < -0.4 is 4.74 Å². The number of carbonyl (C=O) groups is 2. The van der Waals surface area contributed by atoms with Gasteiger partial charge in [-0.2, -0.15) is 0 Å². The van der Waals surface area contributed by atoms with Crippen LogP contribution >= 0.6 is 0 Å². The second-order valence-corrected chi connectivity index (χ2v) is 8.51. The van der Waals surface area contributed by atoms with Crippen LogP contribution in [0.2, 0.25) is 0 Å². The van der Waals surface area contributed by atoms with Crippen molar-refractivity contribution in [3.8, 4) is 5.75 Å². The third-order valence-corrected chi connectivity index (χ3v) is 6.25. The molecule has 1 heterocycles. The maximum absolute atomic E-state index is 12.9. The molecule has 5 heteroatoms. The zero-order valence-corrected chi connectivity index (χ0v) is 19.1. The van der Waals surface area contributed by atoms with Crippen LogP contribution in [-0.4, -0.2) is 54.3 Å². The number of rotatable bonds is 8. The van der Waals surface area contributed by atoms with Gasteiger partial charge in [0.2, 0.25) is 0 Å². The quantitative estimate of drug-likeness (QED) is 0.581. The maximum Gasteiger partial charge on any atom is 0.253 e. The van der Waals surface area contributed by atoms with Crippen LogP contribution in [0.4, 0.5) is 0 Å². The third kappa shape index (κ3) is 5.73. The number of methoxy groups -OCH3 is 1. The Labute approximate surface area is 186 Å². The molecule has 166 valence electrons. The monoisotopic (exact) mass is 422 g/mol. The number of amides is 1. The number of hydrogen-bond donors (Lipinski definition) is 0. The largest absolute Gasteiger partial charge is 0.497 e. The second kappa shape index (κ2) is 10.6. The van der Waals surface area contributed by atoms with Gasteiger partial charge in [0, 0.05) is 42.7 Å². The summed E-state index contributed by atoms with van der Waals surface area (Å²) in [6.07, 6.45) is 1.41. The van der Waals surface area contributed by atoms with Crippen molar-refractivity contribution in [1.82, 2.24) is 9.80 Å². The minimum atomic E-state index is -0.0316. The van der Waals surface area contributed by atoms with E-state index in [1.807, 2.05) is 41.3 Å². The topological polar surface area (TPSA) is 49.9 Å². The standard InChI is InChI=1S/C26H34N2O3/c1-5-27(19(2)3)18-20-6-8-23(9-7-20)26(30)28-16-14-22(15-17-28)25(29)21-10-12-24(31-4)13-11-21/h6-13,19,22H,5,14-18H2,1-4H3. The molecule has 1 aliphatic rings. The van der Waals surface area contributed by atoms with Crippen molar-refractivity contribution in [3.05, 3.63) is 65.2 Å². The van der Waals surface area contributed by atoms with E-state index in [-0.39, 0.29) is 17.6 Å². The summed E-state index contributed by atoms with van der Waals surface area (Å²) in [6.45, 7) is 9.69. The van der Waals surface area contributed by atoms with E-state index in [2.05, 4.69) is 37.8 Å². The minimum absolute atomic E-state index is 0.0316. The van der Waals surface area contributed by atoms with Gasteiger partial charge in [-0.25, -0.2) is 0 Å². The molecule has 5 nitrogen and oxygen atoms in total. The van der Waals surface area contributed by atoms with Crippen LogP contribution in [0.5, 0.6) is 5.75 Å². The summed E-state index contributed by atoms with van der Waals surface area (Å²) in [5.74, 6) is 0.924. The molecule has 0 aliphatic carbocycles. The Hall–Kier alpha value is -2.66. The first-order chi connectivity index (χ1) is 14.9. The lowest BCUT2D eigenvalue weighted by atomic mass is 9.88. The lowest BCUT2D eigenvalue weighted by Crippen LogP contribution is -2.40. The molecule has 31 heavy (non-hydrogen) atoms. The Morgan fingerprint density at radius 3 is 2.10 bits per heavy atom. The van der Waals surface area contributed by atoms with Gasteiger partial charge in [-0.15, -0.1) is 0 Å². The van der Waals surface area contributed by atoms with Crippen molar-refractivity contribution < 1.29 is 14.3 Å². The summed E-state index contributed by atoms with van der Waals surface area (Å²) >= 11 is 0. The summed E-state index contributed by atoms with van der Waals surface area (Å²) in [6, 6.07) is 15.7. The molecular weight excluding hydrogens is 388 g/mol. The van der Waals surface area contributed by atoms with Crippen LogP contribution in [0.15, 0.2) is 48.5 Å². The fourth-order valence-corrected chi connectivity index (χ4v) is 4.17. The molecule has 0 aromatic heterocycles. The normalized spacial score (nSPS) is 14.8. The van der Waals surface area contributed by atoms with Crippen molar-refractivity contribution in [1.29, 1.82) is 0 Å². The van der Waals surface area contributed by atoms with Crippen LogP contribution in [0.3, 0.4) is 0 Å². The summed E-state index contributed by atoms with van der Waals surface area (Å²) < 4.78 is 5.16. The summed E-state index contributed by atoms with van der Waals surface area (Å²) in [7, 11) is 1.61. The van der Waals surface area contributed by atoms with E-state index in [1.54, 1.807) is 7.11 Å². The van der Waals surface area contributed by atoms with Crippen molar-refractivity contribution in [2.24, 2.45) is 5.92 Å². The number of benzene rings is 2. The Bertz CT molecular complexity index is 867. The zero-order valence-electron chi connectivity index (χ0n) is 19.1. The molecule has 0 N–H and O–H groups in total. The third-order valence-electron chi connectivity index (χ3n) is 6.25. The maximum atomic E-state index is 12.9. The van der Waals surface area contributed by atoms with Crippen LogP contribution in [0.25, 0.3) is 0 Å². The highest BCUT2D eigenvalue weighted by Crippen LogP contribution is 2.24. The van der Waals surface area contributed by atoms with E-state index >= 15 is 0 Å². The van der Waals surface area contributed by atoms with Gasteiger partial charge in [0.15, 0.2) is 5.78 Å². The van der Waals surface area contributed by atoms with E-state index in [9.17, 15) is 9.59 Å². The molecule has 2 aromatic carbocycles. The van der Waals surface area contributed by atoms with Crippen LogP contribution in [0.1, 0.15) is 59.9 Å². The number of Topliss-reactive ketones (excluding diaryl/α,β-unsaturated/α-hetero) is 1. The molecule has 0 unspecified atom stereocenters. The molecule has 2 aromatic rings. The van der Waals surface area contributed by atoms with Gasteiger partial charge in [0.05, 0.1) is 7.11 Å². The molecule has 1 saturated heterocycles. The molecular formula is C26H34N2O3. The summed E-state index contributed by atoms with van der Waals surface area (Å²) in [5, 5.41) is 0. The molecule has 0 saturated carbocycles. The second-order valence-electron chi connectivity index (χ2n) is 8.51. The molecule has 0 atom stereocenters. The average molecular weight is 423 g/mol. The van der Waals surface area contributed by atoms with E-state index < -0.39 is 0 Å². The number of ketones is 1. The fraction of sp³-hybridized carbons (Fsp3) is 0.462. The van der Waals surface area contributed by atoms with Crippen LogP contribution in [0, 0.1) is 5.92 Å². The number of ether oxygens (including phenoxy) is 1. The highest BCUT2D eigenvalue weighted by atomic mass is 16.5. The molecule has 1 amide bonds. The van der Waals surface area contributed by atoms with Crippen molar-refractivity contribution in [3.63, 3.8) is 0 Å². The predicted molar refractivity (Wildman–Crippen MR) is 124 cm³/mol. The Morgan fingerprint density at radius 2 is 1.58 bits per heavy atom. The number of piperidine rings is 1. The van der Waals surface area contributed by atoms with Gasteiger partial charge in [-0.05, 0) is 75.2 Å². The number of carbonyl (C=O) groups excluding carboxylic acids is 2. The van der Waals surface area contributed by atoms with Crippen molar-refractivity contribution in [2.75, 3.05) is 26.7 Å². The lowest BCUT2D eigenvalue weighted by Gasteiger charge is -2.31. The van der Waals surface area contributed by atoms with E-state index in [0.717, 1.165) is 24.4 Å². The van der Waals surface area contributed by atoms with Crippen molar-refractivity contribution >= 4 is 11.7 Å². The lowest BCUT2D eigenvalue weighted by molar-refractivity contribution is 0.0650. The Balaban J connectivity index is 1.55. The zero-order chi connectivity index (χ0) is 22.4. The van der Waals surface area contributed by atoms with Gasteiger partial charge in [-0.1, -0.05) is 19.1 Å². The van der Waals surface area contributed by atoms with E-state index in [1.165, 1.54) is 5.56 Å². The molecule has 3 rings (SSSR count). The van der Waals surface area contributed by atoms with Gasteiger partial charge < -0.3 is 9.64 Å². The highest BCUT2D eigenvalue weighted by molar-refractivity contribution is 5.98. The summed E-state index contributed by atoms with van der Waals surface area (Å²) in [4.78, 5) is 30.0. The first-order valence-corrected chi connectivity index (χ1v) is 11.2. The average Bonchev–Trinajstić information content (AvgIpc) is 2.82. The number of likely N-dealkylation sites (tertiary alicyclic amines) is 1. The SMILES string of the molecule is CCN(Cc1ccc(C(=O)N2CCC(C(=O)c3ccc(OC)cc3)CC2)cc1)C(C)C. The molecule has 0 spiro atoms. The predicted octanol–water partition coefficient (Wildman–Crippen LogP) is 4.66. The molecule has 1 fully saturated rings. The first-order valence-electron chi connectivity index (χ1n) is 11.2. The van der Waals surface area contributed by atoms with Gasteiger partial charge in [0.1, 0.15) is 5.75 Å². The highest BCUT2D eigenvalue weighted by Gasteiger charge is 2.28. The van der Waals surface area contributed by atoms with Crippen molar-refractivity contribution in [2.45, 2.75) is 46.2 Å². The number of nitrogens with zero attached hydrogens (tertiary/aromatic N) is 2. The summed E-state index contributed by atoms with van der Waals surface area (Å²) in [5.41, 5.74) is 2.65. The van der Waals surface area contributed by atoms with Gasteiger partial charge in [-0.3, -0.25) is 14.5 Å². The van der Waals surface area contributed by atoms with Gasteiger partial charge in [0.25, 0.3) is 5.91 Å². The smallest absolute Gasteiger partial charge is 0.253 e. The minimum Gasteiger partial charge on any atom is -0.497 e. The molecule has 1 aliphatic heterocycles.